The Hall–Kier alpha value is -2.25. The number of piperidine rings is 3. The van der Waals surface area contributed by atoms with Gasteiger partial charge in [-0.15, -0.1) is 5.10 Å². The zero-order valence-electron chi connectivity index (χ0n) is 17.7. The molecule has 1 aromatic heterocycles. The lowest BCUT2D eigenvalue weighted by molar-refractivity contribution is -0.141. The summed E-state index contributed by atoms with van der Waals surface area (Å²) in [6.45, 7) is 4.51. The van der Waals surface area contributed by atoms with Gasteiger partial charge in [0.15, 0.2) is 0 Å². The second-order valence-electron chi connectivity index (χ2n) is 8.86. The zero-order valence-corrected chi connectivity index (χ0v) is 17.7. The lowest BCUT2D eigenvalue weighted by Gasteiger charge is -2.49. The Morgan fingerprint density at radius 1 is 1.17 bits per heavy atom. The van der Waals surface area contributed by atoms with Crippen LogP contribution in [0.5, 0.6) is 0 Å². The van der Waals surface area contributed by atoms with Gasteiger partial charge < -0.3 is 4.90 Å². The summed E-state index contributed by atoms with van der Waals surface area (Å²) in [6, 6.07) is 10.9. The Bertz CT molecular complexity index is 820. The van der Waals surface area contributed by atoms with Gasteiger partial charge in [-0.25, -0.2) is 0 Å². The quantitative estimate of drug-likeness (QED) is 0.713. The number of carbonyl (C=O) groups is 1. The van der Waals surface area contributed by atoms with Crippen molar-refractivity contribution < 1.29 is 4.79 Å². The van der Waals surface area contributed by atoms with Crippen LogP contribution in [-0.4, -0.2) is 75.9 Å². The monoisotopic (exact) mass is 396 g/mol. The van der Waals surface area contributed by atoms with E-state index in [9.17, 15) is 4.79 Å². The van der Waals surface area contributed by atoms with E-state index >= 15 is 0 Å². The third-order valence-corrected chi connectivity index (χ3v) is 6.35. The molecule has 156 valence electrons. The van der Waals surface area contributed by atoms with Crippen LogP contribution in [0, 0.1) is 11.8 Å². The number of rotatable bonds is 7. The van der Waals surface area contributed by atoms with E-state index in [1.54, 1.807) is 4.90 Å². The molecule has 2 aromatic rings. The predicted octanol–water partition coefficient (Wildman–Crippen LogP) is 1.71. The minimum Gasteiger partial charge on any atom is -0.349 e. The van der Waals surface area contributed by atoms with Crippen LogP contribution in [0.4, 0.5) is 0 Å². The second kappa shape index (κ2) is 8.63. The van der Waals surface area contributed by atoms with Gasteiger partial charge >= 0.3 is 0 Å². The number of carbonyl (C=O) groups excluding carboxylic acids is 1. The van der Waals surface area contributed by atoms with E-state index in [2.05, 4.69) is 57.6 Å². The smallest absolute Gasteiger partial charge is 0.226 e. The first-order valence-electron chi connectivity index (χ1n) is 10.6. The Kier molecular flexibility index (Phi) is 5.96. The second-order valence-corrected chi connectivity index (χ2v) is 8.86. The summed E-state index contributed by atoms with van der Waals surface area (Å²) in [4.78, 5) is 18.9. The van der Waals surface area contributed by atoms with Crippen molar-refractivity contribution in [1.29, 1.82) is 0 Å². The number of nitrogens with zero attached hydrogens (tertiary/aromatic N) is 6. The lowest BCUT2D eigenvalue weighted by Crippen LogP contribution is -2.57. The molecule has 0 aliphatic carbocycles. The number of amides is 1. The molecule has 1 unspecified atom stereocenters. The van der Waals surface area contributed by atoms with Crippen LogP contribution in [0.2, 0.25) is 0 Å². The fourth-order valence-electron chi connectivity index (χ4n) is 4.88. The van der Waals surface area contributed by atoms with Crippen molar-refractivity contribution >= 4 is 5.91 Å². The minimum atomic E-state index is 0.160. The van der Waals surface area contributed by atoms with E-state index in [1.807, 2.05) is 24.8 Å². The first-order valence-corrected chi connectivity index (χ1v) is 10.6. The van der Waals surface area contributed by atoms with Crippen LogP contribution in [0.25, 0.3) is 0 Å². The van der Waals surface area contributed by atoms with Gasteiger partial charge in [-0.2, -0.15) is 0 Å². The molecule has 4 heterocycles. The number of aromatic nitrogens is 3. The standard InChI is InChI=1S/C22H32N6O/c1-25(2)22(29)21-16-27-10-9-18(21)11-20(27)15-28-14-19(23-24-28)13-26(3)12-17-7-5-4-6-8-17/h4-8,14,18,20-21H,9-13,15-16H2,1-3H3/t18-,20+,21-/m0/s1. The predicted molar refractivity (Wildman–Crippen MR) is 112 cm³/mol. The molecule has 7 heteroatoms. The van der Waals surface area contributed by atoms with E-state index in [0.29, 0.717) is 12.0 Å². The lowest BCUT2D eigenvalue weighted by atomic mass is 9.75. The maximum absolute atomic E-state index is 12.5. The molecule has 3 saturated heterocycles. The molecule has 7 nitrogen and oxygen atoms in total. The minimum absolute atomic E-state index is 0.160. The first kappa shape index (κ1) is 20.0. The van der Waals surface area contributed by atoms with E-state index in [1.165, 1.54) is 5.56 Å². The van der Waals surface area contributed by atoms with Crippen LogP contribution >= 0.6 is 0 Å². The zero-order chi connectivity index (χ0) is 20.4. The molecule has 5 rings (SSSR count). The van der Waals surface area contributed by atoms with E-state index in [0.717, 1.165) is 51.3 Å². The summed E-state index contributed by atoms with van der Waals surface area (Å²) in [6.07, 6.45) is 4.29. The highest BCUT2D eigenvalue weighted by Crippen LogP contribution is 2.37. The molecular formula is C22H32N6O. The fraction of sp³-hybridized carbons (Fsp3) is 0.591. The van der Waals surface area contributed by atoms with Gasteiger partial charge in [0.25, 0.3) is 0 Å². The van der Waals surface area contributed by atoms with Gasteiger partial charge in [0.2, 0.25) is 5.91 Å². The van der Waals surface area contributed by atoms with Crippen LogP contribution < -0.4 is 0 Å². The van der Waals surface area contributed by atoms with Crippen molar-refractivity contribution in [1.82, 2.24) is 29.7 Å². The van der Waals surface area contributed by atoms with Gasteiger partial charge in [-0.3, -0.25) is 19.3 Å². The molecule has 1 amide bonds. The van der Waals surface area contributed by atoms with Crippen molar-refractivity contribution in [2.75, 3.05) is 34.2 Å². The summed E-state index contributed by atoms with van der Waals surface area (Å²) in [7, 11) is 5.84. The number of hydrogen-bond acceptors (Lipinski definition) is 5. The molecule has 0 N–H and O–H groups in total. The maximum Gasteiger partial charge on any atom is 0.226 e. The normalized spacial score (nSPS) is 26.1. The van der Waals surface area contributed by atoms with Crippen LogP contribution in [-0.2, 0) is 24.4 Å². The van der Waals surface area contributed by atoms with Gasteiger partial charge in [-0.1, -0.05) is 35.5 Å². The van der Waals surface area contributed by atoms with E-state index in [4.69, 9.17) is 0 Å². The molecule has 2 bridgehead atoms. The van der Waals surface area contributed by atoms with Crippen molar-refractivity contribution in [3.63, 3.8) is 0 Å². The SMILES string of the molecule is CN(Cc1ccccc1)Cc1cn(C[C@H]2C[C@@H]3CCN2C[C@@H]3C(=O)N(C)C)nn1. The molecule has 0 radical (unpaired) electrons. The highest BCUT2D eigenvalue weighted by molar-refractivity contribution is 5.79. The van der Waals surface area contributed by atoms with E-state index in [-0.39, 0.29) is 11.8 Å². The molecule has 29 heavy (non-hydrogen) atoms. The van der Waals surface area contributed by atoms with Crippen LogP contribution in [0.15, 0.2) is 36.5 Å². The molecule has 3 fully saturated rings. The Morgan fingerprint density at radius 3 is 2.66 bits per heavy atom. The third kappa shape index (κ3) is 4.67. The topological polar surface area (TPSA) is 57.5 Å². The average Bonchev–Trinajstić information content (AvgIpc) is 3.15. The van der Waals surface area contributed by atoms with Crippen molar-refractivity contribution in [3.05, 3.63) is 47.8 Å². The van der Waals surface area contributed by atoms with Gasteiger partial charge in [0.1, 0.15) is 0 Å². The van der Waals surface area contributed by atoms with Crippen molar-refractivity contribution in [2.45, 2.75) is 38.5 Å². The number of hydrogen-bond donors (Lipinski definition) is 0. The number of benzene rings is 1. The molecule has 0 saturated carbocycles. The molecular weight excluding hydrogens is 364 g/mol. The van der Waals surface area contributed by atoms with Crippen molar-refractivity contribution in [3.8, 4) is 0 Å². The average molecular weight is 397 g/mol. The molecule has 4 atom stereocenters. The first-order chi connectivity index (χ1) is 14.0. The fourth-order valence-corrected chi connectivity index (χ4v) is 4.88. The molecule has 0 spiro atoms. The summed E-state index contributed by atoms with van der Waals surface area (Å²) in [5.74, 6) is 0.940. The highest BCUT2D eigenvalue weighted by Gasteiger charge is 2.43. The van der Waals surface area contributed by atoms with Gasteiger partial charge in [-0.05, 0) is 37.9 Å². The van der Waals surface area contributed by atoms with Gasteiger partial charge in [0, 0.05) is 46.0 Å². The maximum atomic E-state index is 12.5. The summed E-state index contributed by atoms with van der Waals surface area (Å²) in [5, 5.41) is 8.76. The Balaban J connectivity index is 1.31. The Morgan fingerprint density at radius 2 is 1.97 bits per heavy atom. The largest absolute Gasteiger partial charge is 0.349 e. The van der Waals surface area contributed by atoms with E-state index < -0.39 is 0 Å². The summed E-state index contributed by atoms with van der Waals surface area (Å²) >= 11 is 0. The third-order valence-electron chi connectivity index (χ3n) is 6.35. The van der Waals surface area contributed by atoms with Crippen molar-refractivity contribution in [2.24, 2.45) is 11.8 Å². The number of fused-ring (bicyclic) bond motifs is 3. The summed E-state index contributed by atoms with van der Waals surface area (Å²) < 4.78 is 1.99. The summed E-state index contributed by atoms with van der Waals surface area (Å²) in [5.41, 5.74) is 2.30. The van der Waals surface area contributed by atoms with Crippen LogP contribution in [0.3, 0.4) is 0 Å². The Labute approximate surface area is 173 Å². The molecule has 3 aliphatic rings. The highest BCUT2D eigenvalue weighted by atomic mass is 16.2. The van der Waals surface area contributed by atoms with Crippen LogP contribution in [0.1, 0.15) is 24.1 Å². The molecule has 3 aliphatic heterocycles. The molecule has 1 aromatic carbocycles. The van der Waals surface area contributed by atoms with Gasteiger partial charge in [0.05, 0.1) is 18.2 Å².